The summed E-state index contributed by atoms with van der Waals surface area (Å²) in [7, 11) is 0. The van der Waals surface area contributed by atoms with E-state index in [-0.39, 0.29) is 0 Å². The van der Waals surface area contributed by atoms with Crippen molar-refractivity contribution >= 4 is 16.8 Å². The molecule has 0 atom stereocenters. The highest BCUT2D eigenvalue weighted by Gasteiger charge is 2.16. The summed E-state index contributed by atoms with van der Waals surface area (Å²) in [5, 5.41) is 1.43. The minimum Gasteiger partial charge on any atom is -0.196 e. The van der Waals surface area contributed by atoms with Crippen LogP contribution < -0.4 is 0 Å². The first-order chi connectivity index (χ1) is 4.70. The maximum Gasteiger partial charge on any atom is 0.212 e. The lowest BCUT2D eigenvalue weighted by molar-refractivity contribution is -0.446. The standard InChI is InChI=1S/C8H14NS/c1-7(2)6-9-4-5-10-8(9)3/h6H,4-5H2,1-3H3/q+1. The zero-order valence-corrected chi connectivity index (χ0v) is 7.66. The molecule has 0 bridgehead atoms. The Kier molecular flexibility index (Phi) is 2.55. The molecule has 1 rings (SSSR count). The van der Waals surface area contributed by atoms with E-state index in [4.69, 9.17) is 0 Å². The van der Waals surface area contributed by atoms with Gasteiger partial charge in [-0.15, -0.1) is 0 Å². The Balaban J connectivity index is 2.72. The predicted octanol–water partition coefficient (Wildman–Crippen LogP) is 2.09. The van der Waals surface area contributed by atoms with Crippen LogP contribution in [-0.2, 0) is 0 Å². The van der Waals surface area contributed by atoms with Crippen molar-refractivity contribution in [2.24, 2.45) is 0 Å². The van der Waals surface area contributed by atoms with E-state index in [1.165, 1.54) is 22.9 Å². The Morgan fingerprint density at radius 3 is 2.70 bits per heavy atom. The summed E-state index contributed by atoms with van der Waals surface area (Å²) in [5.74, 6) is 1.25. The summed E-state index contributed by atoms with van der Waals surface area (Å²) in [5.41, 5.74) is 1.38. The van der Waals surface area contributed by atoms with E-state index in [1.54, 1.807) is 0 Å². The Labute approximate surface area is 66.8 Å². The van der Waals surface area contributed by atoms with Crippen molar-refractivity contribution in [2.75, 3.05) is 12.3 Å². The number of nitrogens with zero attached hydrogens (tertiary/aromatic N) is 1. The summed E-state index contributed by atoms with van der Waals surface area (Å²) >= 11 is 1.95. The molecule has 0 fully saturated rings. The molecule has 56 valence electrons. The fourth-order valence-electron chi connectivity index (χ4n) is 0.999. The lowest BCUT2D eigenvalue weighted by atomic mass is 10.4. The van der Waals surface area contributed by atoms with Gasteiger partial charge in [0.15, 0.2) is 12.7 Å². The Morgan fingerprint density at radius 2 is 2.30 bits per heavy atom. The second kappa shape index (κ2) is 3.24. The zero-order chi connectivity index (χ0) is 7.56. The SMILES string of the molecule is CC(C)=C[N+]1=C(C)SCC1. The smallest absolute Gasteiger partial charge is 0.196 e. The molecule has 0 aliphatic carbocycles. The van der Waals surface area contributed by atoms with E-state index in [9.17, 15) is 0 Å². The second-order valence-corrected chi connectivity index (χ2v) is 4.06. The van der Waals surface area contributed by atoms with Crippen LogP contribution in [0.5, 0.6) is 0 Å². The molecule has 1 aliphatic heterocycles. The molecule has 0 amide bonds. The van der Waals surface area contributed by atoms with Crippen LogP contribution in [0.4, 0.5) is 0 Å². The van der Waals surface area contributed by atoms with Crippen molar-refractivity contribution < 1.29 is 4.58 Å². The molecule has 0 saturated heterocycles. The monoisotopic (exact) mass is 156 g/mol. The number of thioether (sulfide) groups is 1. The van der Waals surface area contributed by atoms with Crippen LogP contribution in [0.1, 0.15) is 20.8 Å². The summed E-state index contributed by atoms with van der Waals surface area (Å²) in [6.45, 7) is 7.63. The van der Waals surface area contributed by atoms with Gasteiger partial charge in [0.25, 0.3) is 0 Å². The minimum absolute atomic E-state index is 1.18. The molecule has 1 nitrogen and oxygen atoms in total. The largest absolute Gasteiger partial charge is 0.212 e. The van der Waals surface area contributed by atoms with E-state index < -0.39 is 0 Å². The molecule has 0 unspecified atom stereocenters. The molecule has 2 heteroatoms. The van der Waals surface area contributed by atoms with Gasteiger partial charge in [-0.1, -0.05) is 11.8 Å². The van der Waals surface area contributed by atoms with Gasteiger partial charge in [-0.3, -0.25) is 0 Å². The third kappa shape index (κ3) is 1.87. The highest BCUT2D eigenvalue weighted by atomic mass is 32.2. The lowest BCUT2D eigenvalue weighted by Crippen LogP contribution is -2.05. The molecule has 1 aliphatic rings. The van der Waals surface area contributed by atoms with Crippen LogP contribution in [0.25, 0.3) is 0 Å². The highest BCUT2D eigenvalue weighted by molar-refractivity contribution is 8.13. The number of rotatable bonds is 1. The van der Waals surface area contributed by atoms with Crippen molar-refractivity contribution in [1.82, 2.24) is 0 Å². The van der Waals surface area contributed by atoms with E-state index in [2.05, 4.69) is 31.5 Å². The first-order valence-corrected chi connectivity index (χ1v) is 4.57. The summed E-state index contributed by atoms with van der Waals surface area (Å²) < 4.78 is 2.32. The fourth-order valence-corrected chi connectivity index (χ4v) is 1.89. The fraction of sp³-hybridized carbons (Fsp3) is 0.625. The molecule has 0 radical (unpaired) electrons. The third-order valence-corrected chi connectivity index (χ3v) is 2.50. The van der Waals surface area contributed by atoms with Crippen molar-refractivity contribution in [2.45, 2.75) is 20.8 Å². The molecule has 0 aromatic heterocycles. The summed E-state index contributed by atoms with van der Waals surface area (Å²) in [6, 6.07) is 0. The molecule has 0 aromatic rings. The van der Waals surface area contributed by atoms with Gasteiger partial charge < -0.3 is 0 Å². The Hall–Kier alpha value is -0.240. The number of hydrogen-bond donors (Lipinski definition) is 0. The topological polar surface area (TPSA) is 3.01 Å². The Morgan fingerprint density at radius 1 is 1.60 bits per heavy atom. The molecular formula is C8H14NS+. The maximum absolute atomic E-state index is 2.32. The number of hydrogen-bond acceptors (Lipinski definition) is 1. The molecule has 0 spiro atoms. The predicted molar refractivity (Wildman–Crippen MR) is 47.7 cm³/mol. The van der Waals surface area contributed by atoms with Gasteiger partial charge in [0.1, 0.15) is 0 Å². The molecule has 0 N–H and O–H groups in total. The molecule has 10 heavy (non-hydrogen) atoms. The Bertz CT molecular complexity index is 187. The van der Waals surface area contributed by atoms with Gasteiger partial charge in [0, 0.05) is 6.92 Å². The lowest BCUT2D eigenvalue weighted by Gasteiger charge is -1.89. The maximum atomic E-state index is 2.32. The van der Waals surface area contributed by atoms with Crippen LogP contribution in [0, 0.1) is 0 Å². The van der Waals surface area contributed by atoms with Gasteiger partial charge in [-0.25, -0.2) is 0 Å². The van der Waals surface area contributed by atoms with Crippen molar-refractivity contribution in [3.63, 3.8) is 0 Å². The van der Waals surface area contributed by atoms with E-state index in [0.29, 0.717) is 0 Å². The molecule has 0 saturated carbocycles. The summed E-state index contributed by atoms with van der Waals surface area (Å²) in [4.78, 5) is 0. The van der Waals surface area contributed by atoms with Gasteiger partial charge in [-0.2, -0.15) is 4.58 Å². The second-order valence-electron chi connectivity index (χ2n) is 2.77. The highest BCUT2D eigenvalue weighted by Crippen LogP contribution is 2.11. The van der Waals surface area contributed by atoms with Crippen molar-refractivity contribution in [3.05, 3.63) is 11.8 Å². The van der Waals surface area contributed by atoms with E-state index in [0.717, 1.165) is 0 Å². The van der Waals surface area contributed by atoms with Gasteiger partial charge in [0.05, 0.1) is 5.75 Å². The van der Waals surface area contributed by atoms with Gasteiger partial charge >= 0.3 is 0 Å². The van der Waals surface area contributed by atoms with Crippen molar-refractivity contribution in [1.29, 1.82) is 0 Å². The molecule has 0 aromatic carbocycles. The first-order valence-electron chi connectivity index (χ1n) is 3.58. The third-order valence-electron chi connectivity index (χ3n) is 1.46. The van der Waals surface area contributed by atoms with Crippen molar-refractivity contribution in [3.8, 4) is 0 Å². The van der Waals surface area contributed by atoms with E-state index >= 15 is 0 Å². The average molecular weight is 156 g/mol. The minimum atomic E-state index is 1.18. The average Bonchev–Trinajstić information content (AvgIpc) is 2.15. The van der Waals surface area contributed by atoms with E-state index in [1.807, 2.05) is 11.8 Å². The molecule has 1 heterocycles. The van der Waals surface area contributed by atoms with Crippen LogP contribution in [-0.4, -0.2) is 21.9 Å². The van der Waals surface area contributed by atoms with Crippen LogP contribution in [0.2, 0.25) is 0 Å². The van der Waals surface area contributed by atoms with Crippen LogP contribution in [0.15, 0.2) is 11.8 Å². The van der Waals surface area contributed by atoms with Gasteiger partial charge in [-0.05, 0) is 19.4 Å². The normalized spacial score (nSPS) is 17.9. The van der Waals surface area contributed by atoms with Gasteiger partial charge in [0.2, 0.25) is 5.04 Å². The van der Waals surface area contributed by atoms with Crippen LogP contribution in [0.3, 0.4) is 0 Å². The first kappa shape index (κ1) is 7.86. The summed E-state index contributed by atoms with van der Waals surface area (Å²) in [6.07, 6.45) is 2.22. The van der Waals surface area contributed by atoms with Crippen LogP contribution >= 0.6 is 11.8 Å². The quantitative estimate of drug-likeness (QED) is 0.525. The number of allylic oxidation sites excluding steroid dienone is 1. The zero-order valence-electron chi connectivity index (χ0n) is 6.85. The molecular weight excluding hydrogens is 142 g/mol.